The summed E-state index contributed by atoms with van der Waals surface area (Å²) < 4.78 is 67.3. The minimum absolute atomic E-state index is 0.0183. The number of alkyl halides is 3. The smallest absolute Gasteiger partial charge is 0.381 e. The topological polar surface area (TPSA) is 52.6 Å². The molecule has 1 unspecified atom stereocenters. The van der Waals surface area contributed by atoms with Gasteiger partial charge in [-0.15, -0.1) is 0 Å². The second-order valence-corrected chi connectivity index (χ2v) is 5.77. The lowest BCUT2D eigenvalue weighted by Crippen LogP contribution is -2.27. The zero-order chi connectivity index (χ0) is 14.0. The van der Waals surface area contributed by atoms with Crippen LogP contribution in [0.5, 0.6) is 0 Å². The summed E-state index contributed by atoms with van der Waals surface area (Å²) in [4.78, 5) is 0. The molecule has 0 aromatic rings. The van der Waals surface area contributed by atoms with E-state index in [-0.39, 0.29) is 24.4 Å². The van der Waals surface area contributed by atoms with Crippen molar-refractivity contribution in [1.82, 2.24) is 0 Å². The highest BCUT2D eigenvalue weighted by molar-refractivity contribution is 7.87. The monoisotopic (exact) mass is 288 g/mol. The minimum Gasteiger partial charge on any atom is -0.381 e. The van der Waals surface area contributed by atoms with Crippen molar-refractivity contribution in [2.75, 3.05) is 0 Å². The van der Waals surface area contributed by atoms with Crippen molar-refractivity contribution in [3.05, 3.63) is 11.8 Å². The molecule has 0 aromatic carbocycles. The van der Waals surface area contributed by atoms with Crippen LogP contribution < -0.4 is 0 Å². The van der Waals surface area contributed by atoms with Crippen LogP contribution in [0.25, 0.3) is 0 Å². The molecule has 0 aliphatic heterocycles. The van der Waals surface area contributed by atoms with Gasteiger partial charge in [-0.1, -0.05) is 0 Å². The number of hydrogen-bond acceptors (Lipinski definition) is 4. The van der Waals surface area contributed by atoms with Crippen LogP contribution in [0.4, 0.5) is 13.2 Å². The van der Waals surface area contributed by atoms with Gasteiger partial charge in [0.15, 0.2) is 0 Å². The Balaban J connectivity index is 2.60. The number of rotatable bonds is 4. The highest BCUT2D eigenvalue weighted by Crippen LogP contribution is 2.30. The normalized spacial score (nSPS) is 21.9. The van der Waals surface area contributed by atoms with E-state index in [1.54, 1.807) is 0 Å². The molecule has 0 radical (unpaired) electrons. The molecule has 1 atom stereocenters. The van der Waals surface area contributed by atoms with Gasteiger partial charge in [0.25, 0.3) is 0 Å². The first-order chi connectivity index (χ1) is 8.12. The molecule has 0 amide bonds. The summed E-state index contributed by atoms with van der Waals surface area (Å²) >= 11 is 0. The Morgan fingerprint density at radius 1 is 1.39 bits per heavy atom. The minimum atomic E-state index is -5.55. The third-order valence-corrected chi connectivity index (χ3v) is 3.29. The van der Waals surface area contributed by atoms with E-state index in [1.807, 2.05) is 13.8 Å². The maximum atomic E-state index is 12.1. The summed E-state index contributed by atoms with van der Waals surface area (Å²) in [5.41, 5.74) is -5.39. The fourth-order valence-corrected chi connectivity index (χ4v) is 2.09. The number of hydrogen-bond donors (Lipinski definition) is 0. The van der Waals surface area contributed by atoms with Gasteiger partial charge in [-0.25, -0.2) is 0 Å². The SMILES string of the molecule is CC(C)OC1CC=C(OS(=O)(=O)C(F)(F)F)CC1. The lowest BCUT2D eigenvalue weighted by atomic mass is 10.0. The first kappa shape index (κ1) is 15.3. The Morgan fingerprint density at radius 2 is 2.00 bits per heavy atom. The van der Waals surface area contributed by atoms with Crippen molar-refractivity contribution in [1.29, 1.82) is 0 Å². The molecular formula is C10H15F3O4S. The fraction of sp³-hybridized carbons (Fsp3) is 0.800. The van der Waals surface area contributed by atoms with Crippen molar-refractivity contribution in [3.8, 4) is 0 Å². The van der Waals surface area contributed by atoms with Gasteiger partial charge in [-0.3, -0.25) is 0 Å². The van der Waals surface area contributed by atoms with E-state index in [2.05, 4.69) is 4.18 Å². The van der Waals surface area contributed by atoms with Crippen LogP contribution in [0.3, 0.4) is 0 Å². The van der Waals surface area contributed by atoms with Crippen LogP contribution in [-0.2, 0) is 19.0 Å². The molecule has 8 heteroatoms. The Morgan fingerprint density at radius 3 is 2.39 bits per heavy atom. The average molecular weight is 288 g/mol. The summed E-state index contributed by atoms with van der Waals surface area (Å²) in [5.74, 6) is -0.170. The van der Waals surface area contributed by atoms with Crippen LogP contribution in [-0.4, -0.2) is 26.1 Å². The van der Waals surface area contributed by atoms with Crippen molar-refractivity contribution in [2.45, 2.75) is 50.8 Å². The molecular weight excluding hydrogens is 273 g/mol. The van der Waals surface area contributed by atoms with Crippen LogP contribution >= 0.6 is 0 Å². The summed E-state index contributed by atoms with van der Waals surface area (Å²) in [6.45, 7) is 3.70. The van der Waals surface area contributed by atoms with Crippen LogP contribution in [0.2, 0.25) is 0 Å². The summed E-state index contributed by atoms with van der Waals surface area (Å²) in [6, 6.07) is 0. The second kappa shape index (κ2) is 5.48. The van der Waals surface area contributed by atoms with Crippen molar-refractivity contribution in [3.63, 3.8) is 0 Å². The van der Waals surface area contributed by atoms with E-state index in [0.29, 0.717) is 12.8 Å². The van der Waals surface area contributed by atoms with Crippen molar-refractivity contribution >= 4 is 10.1 Å². The lowest BCUT2D eigenvalue weighted by molar-refractivity contribution is -0.0528. The van der Waals surface area contributed by atoms with E-state index in [9.17, 15) is 21.6 Å². The molecule has 0 N–H and O–H groups in total. The molecule has 0 aromatic heterocycles. The standard InChI is InChI=1S/C10H15F3O4S/c1-7(2)16-8-3-5-9(6-4-8)17-18(14,15)10(11,12)13/h5,7-8H,3-4,6H2,1-2H3. The van der Waals surface area contributed by atoms with Gasteiger partial charge in [0, 0.05) is 6.42 Å². The quantitative estimate of drug-likeness (QED) is 0.589. The largest absolute Gasteiger partial charge is 0.534 e. The van der Waals surface area contributed by atoms with Crippen LogP contribution in [0.15, 0.2) is 11.8 Å². The molecule has 1 rings (SSSR count). The summed E-state index contributed by atoms with van der Waals surface area (Å²) in [6.07, 6.45) is 2.15. The first-order valence-electron chi connectivity index (χ1n) is 5.47. The molecule has 106 valence electrons. The van der Waals surface area contributed by atoms with Crippen LogP contribution in [0, 0.1) is 0 Å². The van der Waals surface area contributed by atoms with Crippen LogP contribution in [0.1, 0.15) is 33.1 Å². The molecule has 0 heterocycles. The molecule has 1 aliphatic rings. The van der Waals surface area contributed by atoms with E-state index < -0.39 is 15.6 Å². The molecule has 0 saturated carbocycles. The highest BCUT2D eigenvalue weighted by Gasteiger charge is 2.48. The highest BCUT2D eigenvalue weighted by atomic mass is 32.2. The van der Waals surface area contributed by atoms with Crippen molar-refractivity contribution in [2.24, 2.45) is 0 Å². The summed E-state index contributed by atoms with van der Waals surface area (Å²) in [5, 5.41) is 0. The van der Waals surface area contributed by atoms with Gasteiger partial charge in [-0.2, -0.15) is 21.6 Å². The molecule has 18 heavy (non-hydrogen) atoms. The predicted molar refractivity (Wildman–Crippen MR) is 58.0 cm³/mol. The Hall–Kier alpha value is -0.760. The van der Waals surface area contributed by atoms with E-state index >= 15 is 0 Å². The number of halogens is 3. The molecule has 0 bridgehead atoms. The summed E-state index contributed by atoms with van der Waals surface area (Å²) in [7, 11) is -5.55. The van der Waals surface area contributed by atoms with Gasteiger partial charge >= 0.3 is 15.6 Å². The Bertz CT molecular complexity index is 411. The van der Waals surface area contributed by atoms with E-state index in [0.717, 1.165) is 0 Å². The second-order valence-electron chi connectivity index (χ2n) is 4.23. The fourth-order valence-electron chi connectivity index (χ4n) is 1.56. The zero-order valence-electron chi connectivity index (χ0n) is 10.0. The number of ether oxygens (including phenoxy) is 1. The maximum Gasteiger partial charge on any atom is 0.534 e. The lowest BCUT2D eigenvalue weighted by Gasteiger charge is -2.24. The van der Waals surface area contributed by atoms with Gasteiger partial charge in [-0.05, 0) is 32.8 Å². The Labute approximate surface area is 104 Å². The third-order valence-electron chi connectivity index (χ3n) is 2.29. The predicted octanol–water partition coefficient (Wildman–Crippen LogP) is 2.71. The zero-order valence-corrected chi connectivity index (χ0v) is 10.8. The van der Waals surface area contributed by atoms with E-state index in [4.69, 9.17) is 4.74 Å². The van der Waals surface area contributed by atoms with Gasteiger partial charge in [0.05, 0.1) is 12.2 Å². The van der Waals surface area contributed by atoms with Crippen molar-refractivity contribution < 1.29 is 30.5 Å². The molecule has 4 nitrogen and oxygen atoms in total. The molecule has 0 fully saturated rings. The van der Waals surface area contributed by atoms with Gasteiger partial charge in [0.2, 0.25) is 0 Å². The molecule has 0 saturated heterocycles. The third kappa shape index (κ3) is 4.16. The van der Waals surface area contributed by atoms with E-state index in [1.165, 1.54) is 6.08 Å². The first-order valence-corrected chi connectivity index (χ1v) is 6.88. The number of allylic oxidation sites excluding steroid dienone is 1. The van der Waals surface area contributed by atoms with Gasteiger partial charge in [0.1, 0.15) is 5.76 Å². The van der Waals surface area contributed by atoms with Gasteiger partial charge < -0.3 is 8.92 Å². The molecule has 1 aliphatic carbocycles. The maximum absolute atomic E-state index is 12.1. The average Bonchev–Trinajstić information content (AvgIpc) is 2.18. The Kier molecular flexibility index (Phi) is 4.66. The molecule has 0 spiro atoms.